The third-order valence-electron chi connectivity index (χ3n) is 5.04. The van der Waals surface area contributed by atoms with Crippen molar-refractivity contribution in [3.8, 4) is 11.9 Å². The first-order valence-corrected chi connectivity index (χ1v) is 8.70. The van der Waals surface area contributed by atoms with Gasteiger partial charge in [-0.3, -0.25) is 4.90 Å². The summed E-state index contributed by atoms with van der Waals surface area (Å²) in [7, 11) is 0. The Balaban J connectivity index is 1.53. The van der Waals surface area contributed by atoms with Gasteiger partial charge in [0.25, 0.3) is 0 Å². The highest BCUT2D eigenvalue weighted by Gasteiger charge is 2.24. The summed E-state index contributed by atoms with van der Waals surface area (Å²) in [4.78, 5) is 5.43. The zero-order valence-corrected chi connectivity index (χ0v) is 14.1. The van der Waals surface area contributed by atoms with Crippen LogP contribution in [0.4, 0.5) is 0 Å². The molecule has 6 heteroatoms. The topological polar surface area (TPSA) is 84.3 Å². The lowest BCUT2D eigenvalue weighted by Crippen LogP contribution is -2.39. The highest BCUT2D eigenvalue weighted by molar-refractivity contribution is 5.87. The number of fused-ring (bicyclic) bond motifs is 1. The lowest BCUT2D eigenvalue weighted by Gasteiger charge is -2.30. The van der Waals surface area contributed by atoms with E-state index in [1.807, 2.05) is 12.1 Å². The fourth-order valence-electron chi connectivity index (χ4n) is 3.70. The van der Waals surface area contributed by atoms with Crippen LogP contribution in [0.2, 0.25) is 0 Å². The molecule has 0 radical (unpaired) electrons. The second-order valence-corrected chi connectivity index (χ2v) is 6.68. The molecule has 1 fully saturated rings. The van der Waals surface area contributed by atoms with E-state index in [1.54, 1.807) is 6.07 Å². The molecule has 0 saturated carbocycles. The summed E-state index contributed by atoms with van der Waals surface area (Å²) in [5.41, 5.74) is 3.70. The van der Waals surface area contributed by atoms with E-state index in [1.165, 1.54) is 5.57 Å². The number of benzene rings is 1. The normalized spacial score (nSPS) is 21.9. The van der Waals surface area contributed by atoms with Crippen LogP contribution in [-0.2, 0) is 4.74 Å². The van der Waals surface area contributed by atoms with Crippen LogP contribution in [-0.4, -0.2) is 54.4 Å². The summed E-state index contributed by atoms with van der Waals surface area (Å²) >= 11 is 0. The molecule has 25 heavy (non-hydrogen) atoms. The molecule has 1 unspecified atom stereocenters. The minimum absolute atomic E-state index is 0.0520. The summed E-state index contributed by atoms with van der Waals surface area (Å²) < 4.78 is 5.40. The van der Waals surface area contributed by atoms with Gasteiger partial charge in [-0.2, -0.15) is 5.26 Å². The van der Waals surface area contributed by atoms with Gasteiger partial charge in [-0.05, 0) is 30.2 Å². The average molecular weight is 338 g/mol. The third-order valence-corrected chi connectivity index (χ3v) is 5.04. The number of aromatic nitrogens is 1. The summed E-state index contributed by atoms with van der Waals surface area (Å²) in [6.45, 7) is 5.39. The van der Waals surface area contributed by atoms with Crippen LogP contribution in [0.15, 0.2) is 29.8 Å². The molecule has 1 aromatic carbocycles. The SMILES string of the molecule is N#Cc1ccc2[nH]c(O)c(C3CC=C(CN4CCOCC4)CN3)c2c1. The molecule has 130 valence electrons. The van der Waals surface area contributed by atoms with E-state index < -0.39 is 0 Å². The Morgan fingerprint density at radius 1 is 1.32 bits per heavy atom. The van der Waals surface area contributed by atoms with Gasteiger partial charge in [-0.15, -0.1) is 0 Å². The van der Waals surface area contributed by atoms with Crippen LogP contribution in [0.25, 0.3) is 10.9 Å². The van der Waals surface area contributed by atoms with Crippen molar-refractivity contribution in [2.45, 2.75) is 12.5 Å². The monoisotopic (exact) mass is 338 g/mol. The molecule has 2 aromatic rings. The quantitative estimate of drug-likeness (QED) is 0.746. The number of nitrogens with one attached hydrogen (secondary N) is 2. The number of ether oxygens (including phenoxy) is 1. The highest BCUT2D eigenvalue weighted by Crippen LogP contribution is 2.36. The molecule has 0 amide bonds. The molecule has 1 aromatic heterocycles. The molecular weight excluding hydrogens is 316 g/mol. The van der Waals surface area contributed by atoms with E-state index >= 15 is 0 Å². The Hall–Kier alpha value is -2.33. The standard InChI is InChI=1S/C19H22N4O2/c20-10-13-1-3-16-15(9-13)18(19(24)22-16)17-4-2-14(11-21-17)12-23-5-7-25-8-6-23/h1-3,9,17,21-22,24H,4-8,11-12H2. The zero-order chi connectivity index (χ0) is 17.2. The molecule has 0 aliphatic carbocycles. The molecule has 0 spiro atoms. The smallest absolute Gasteiger partial charge is 0.194 e. The number of hydrogen-bond acceptors (Lipinski definition) is 5. The van der Waals surface area contributed by atoms with Gasteiger partial charge >= 0.3 is 0 Å². The molecule has 2 aliphatic heterocycles. The molecule has 4 rings (SSSR count). The van der Waals surface area contributed by atoms with Gasteiger partial charge in [0.2, 0.25) is 0 Å². The van der Waals surface area contributed by atoms with Gasteiger partial charge in [0, 0.05) is 48.7 Å². The van der Waals surface area contributed by atoms with Gasteiger partial charge in [0.1, 0.15) is 0 Å². The van der Waals surface area contributed by atoms with Crippen LogP contribution in [0.1, 0.15) is 23.6 Å². The number of nitriles is 1. The van der Waals surface area contributed by atoms with E-state index in [0.717, 1.165) is 62.3 Å². The Bertz CT molecular complexity index is 843. The number of hydrogen-bond donors (Lipinski definition) is 3. The van der Waals surface area contributed by atoms with Gasteiger partial charge in [-0.1, -0.05) is 6.08 Å². The van der Waals surface area contributed by atoms with Crippen molar-refractivity contribution < 1.29 is 9.84 Å². The molecule has 3 heterocycles. The Kier molecular flexibility index (Phi) is 4.45. The third kappa shape index (κ3) is 3.27. The lowest BCUT2D eigenvalue weighted by atomic mass is 9.96. The summed E-state index contributed by atoms with van der Waals surface area (Å²) in [6, 6.07) is 7.67. The molecule has 3 N–H and O–H groups in total. The first-order chi connectivity index (χ1) is 12.2. The van der Waals surface area contributed by atoms with Gasteiger partial charge in [0.15, 0.2) is 5.88 Å². The Labute approximate surface area is 146 Å². The number of rotatable bonds is 3. The van der Waals surface area contributed by atoms with Crippen molar-refractivity contribution in [1.82, 2.24) is 15.2 Å². The Morgan fingerprint density at radius 3 is 2.88 bits per heavy atom. The number of morpholine rings is 1. The van der Waals surface area contributed by atoms with E-state index in [9.17, 15) is 5.11 Å². The average Bonchev–Trinajstić information content (AvgIpc) is 2.98. The first kappa shape index (κ1) is 16.2. The summed E-state index contributed by atoms with van der Waals surface area (Å²) in [6.07, 6.45) is 3.11. The van der Waals surface area contributed by atoms with E-state index in [2.05, 4.69) is 27.3 Å². The number of H-pyrrole nitrogens is 1. The van der Waals surface area contributed by atoms with E-state index in [0.29, 0.717) is 5.56 Å². The van der Waals surface area contributed by atoms with Crippen molar-refractivity contribution in [3.05, 3.63) is 41.0 Å². The predicted octanol–water partition coefficient (Wildman–Crippen LogP) is 2.04. The van der Waals surface area contributed by atoms with Crippen LogP contribution in [0.5, 0.6) is 5.88 Å². The van der Waals surface area contributed by atoms with E-state index in [4.69, 9.17) is 10.00 Å². The van der Waals surface area contributed by atoms with Crippen molar-refractivity contribution in [1.29, 1.82) is 5.26 Å². The van der Waals surface area contributed by atoms with Gasteiger partial charge < -0.3 is 20.1 Å². The Morgan fingerprint density at radius 2 is 2.16 bits per heavy atom. The largest absolute Gasteiger partial charge is 0.494 e. The van der Waals surface area contributed by atoms with Gasteiger partial charge in [-0.25, -0.2) is 0 Å². The maximum absolute atomic E-state index is 10.4. The first-order valence-electron chi connectivity index (χ1n) is 8.70. The van der Waals surface area contributed by atoms with Crippen molar-refractivity contribution in [3.63, 3.8) is 0 Å². The van der Waals surface area contributed by atoms with Crippen LogP contribution >= 0.6 is 0 Å². The van der Waals surface area contributed by atoms with E-state index in [-0.39, 0.29) is 11.9 Å². The van der Waals surface area contributed by atoms with Crippen molar-refractivity contribution in [2.24, 2.45) is 0 Å². The molecule has 6 nitrogen and oxygen atoms in total. The van der Waals surface area contributed by atoms with Crippen molar-refractivity contribution >= 4 is 10.9 Å². The number of aromatic hydroxyl groups is 1. The second kappa shape index (κ2) is 6.89. The lowest BCUT2D eigenvalue weighted by molar-refractivity contribution is 0.0418. The fourth-order valence-corrected chi connectivity index (χ4v) is 3.70. The number of nitrogens with zero attached hydrogens (tertiary/aromatic N) is 2. The fraction of sp³-hybridized carbons (Fsp3) is 0.421. The molecule has 2 aliphatic rings. The predicted molar refractivity (Wildman–Crippen MR) is 95.4 cm³/mol. The summed E-state index contributed by atoms with van der Waals surface area (Å²) in [5, 5.41) is 23.9. The molecular formula is C19H22N4O2. The molecule has 1 atom stereocenters. The highest BCUT2D eigenvalue weighted by atomic mass is 16.5. The second-order valence-electron chi connectivity index (χ2n) is 6.68. The van der Waals surface area contributed by atoms with Gasteiger partial charge in [0.05, 0.1) is 24.8 Å². The zero-order valence-electron chi connectivity index (χ0n) is 14.1. The van der Waals surface area contributed by atoms with Crippen LogP contribution < -0.4 is 5.32 Å². The van der Waals surface area contributed by atoms with Crippen molar-refractivity contribution in [2.75, 3.05) is 39.4 Å². The minimum Gasteiger partial charge on any atom is -0.494 e. The summed E-state index contributed by atoms with van der Waals surface area (Å²) in [5.74, 6) is 0.188. The number of aromatic amines is 1. The minimum atomic E-state index is 0.0520. The molecule has 0 bridgehead atoms. The molecule has 1 saturated heterocycles. The van der Waals surface area contributed by atoms with Crippen LogP contribution in [0, 0.1) is 11.3 Å². The van der Waals surface area contributed by atoms with Crippen LogP contribution in [0.3, 0.4) is 0 Å². The maximum Gasteiger partial charge on any atom is 0.194 e. The maximum atomic E-state index is 10.4.